The van der Waals surface area contributed by atoms with Crippen LogP contribution in [0.15, 0.2) is 11.4 Å². The molecule has 1 aromatic heterocycles. The van der Waals surface area contributed by atoms with Crippen molar-refractivity contribution in [1.82, 2.24) is 5.32 Å². The highest BCUT2D eigenvalue weighted by molar-refractivity contribution is 7.12. The number of hydrogen-bond donors (Lipinski definition) is 2. The number of carboxylic acids is 1. The fraction of sp³-hybridized carbons (Fsp3) is 0.615. The number of carbonyl (C=O) groups is 1. The molecule has 2 rings (SSSR count). The van der Waals surface area contributed by atoms with Crippen LogP contribution in [0.25, 0.3) is 0 Å². The van der Waals surface area contributed by atoms with Crippen LogP contribution in [0.5, 0.6) is 0 Å². The van der Waals surface area contributed by atoms with E-state index in [9.17, 15) is 4.79 Å². The highest BCUT2D eigenvalue weighted by atomic mass is 32.1. The van der Waals surface area contributed by atoms with Gasteiger partial charge in [-0.3, -0.25) is 0 Å². The second-order valence-corrected chi connectivity index (χ2v) is 6.12. The quantitative estimate of drug-likeness (QED) is 0.847. The fourth-order valence-electron chi connectivity index (χ4n) is 2.57. The molecule has 1 fully saturated rings. The van der Waals surface area contributed by atoms with E-state index in [1.54, 1.807) is 0 Å². The van der Waals surface area contributed by atoms with Crippen molar-refractivity contribution in [3.05, 3.63) is 21.9 Å². The fourth-order valence-corrected chi connectivity index (χ4v) is 3.33. The average Bonchev–Trinajstić information content (AvgIpc) is 2.87. The highest BCUT2D eigenvalue weighted by Gasteiger charge is 2.28. The maximum Gasteiger partial charge on any atom is 0.346 e. The van der Waals surface area contributed by atoms with Gasteiger partial charge < -0.3 is 10.4 Å². The van der Waals surface area contributed by atoms with E-state index in [1.165, 1.54) is 37.0 Å². The van der Waals surface area contributed by atoms with Gasteiger partial charge in [0.1, 0.15) is 4.88 Å². The molecule has 94 valence electrons. The summed E-state index contributed by atoms with van der Waals surface area (Å²) in [5, 5.41) is 14.3. The van der Waals surface area contributed by atoms with Crippen LogP contribution < -0.4 is 5.32 Å². The molecule has 0 bridgehead atoms. The van der Waals surface area contributed by atoms with E-state index < -0.39 is 5.97 Å². The maximum atomic E-state index is 10.9. The Bertz CT molecular complexity index is 394. The molecule has 1 saturated carbocycles. The van der Waals surface area contributed by atoms with Crippen molar-refractivity contribution in [2.45, 2.75) is 39.2 Å². The third-order valence-electron chi connectivity index (χ3n) is 3.62. The van der Waals surface area contributed by atoms with E-state index >= 15 is 0 Å². The van der Waals surface area contributed by atoms with E-state index in [0.29, 0.717) is 16.8 Å². The van der Waals surface area contributed by atoms with Crippen molar-refractivity contribution in [2.75, 3.05) is 6.54 Å². The first-order chi connectivity index (χ1) is 8.11. The van der Waals surface area contributed by atoms with Gasteiger partial charge in [-0.05, 0) is 35.3 Å². The van der Waals surface area contributed by atoms with Gasteiger partial charge in [0, 0.05) is 13.1 Å². The largest absolute Gasteiger partial charge is 0.477 e. The Morgan fingerprint density at radius 2 is 2.24 bits per heavy atom. The van der Waals surface area contributed by atoms with Crippen LogP contribution in [0, 0.1) is 5.41 Å². The Morgan fingerprint density at radius 3 is 2.88 bits per heavy atom. The van der Waals surface area contributed by atoms with Crippen LogP contribution in [0.2, 0.25) is 0 Å². The molecule has 0 spiro atoms. The second-order valence-electron chi connectivity index (χ2n) is 5.20. The van der Waals surface area contributed by atoms with Gasteiger partial charge in [0.25, 0.3) is 0 Å². The first-order valence-corrected chi connectivity index (χ1v) is 6.99. The Hall–Kier alpha value is -0.870. The smallest absolute Gasteiger partial charge is 0.346 e. The van der Waals surface area contributed by atoms with Crippen molar-refractivity contribution >= 4 is 17.3 Å². The zero-order valence-corrected chi connectivity index (χ0v) is 11.0. The number of carboxylic acid groups (broad SMARTS) is 1. The van der Waals surface area contributed by atoms with Gasteiger partial charge in [-0.25, -0.2) is 4.79 Å². The molecule has 0 atom stereocenters. The van der Waals surface area contributed by atoms with Gasteiger partial charge in [0.2, 0.25) is 0 Å². The minimum absolute atomic E-state index is 0.416. The average molecular weight is 253 g/mol. The lowest BCUT2D eigenvalue weighted by molar-refractivity contribution is 0.0701. The normalized spacial score (nSPS) is 18.4. The predicted molar refractivity (Wildman–Crippen MR) is 69.6 cm³/mol. The molecular weight excluding hydrogens is 234 g/mol. The molecule has 17 heavy (non-hydrogen) atoms. The highest BCUT2D eigenvalue weighted by Crippen LogP contribution is 2.36. The zero-order valence-electron chi connectivity index (χ0n) is 10.2. The van der Waals surface area contributed by atoms with Gasteiger partial charge in [-0.1, -0.05) is 19.8 Å². The first-order valence-electron chi connectivity index (χ1n) is 6.11. The Labute approximate surface area is 106 Å². The summed E-state index contributed by atoms with van der Waals surface area (Å²) in [6.07, 6.45) is 5.23. The summed E-state index contributed by atoms with van der Waals surface area (Å²) in [6, 6.07) is 1.90. The minimum Gasteiger partial charge on any atom is -0.477 e. The van der Waals surface area contributed by atoms with Gasteiger partial charge in [-0.2, -0.15) is 0 Å². The van der Waals surface area contributed by atoms with Crippen molar-refractivity contribution in [1.29, 1.82) is 0 Å². The van der Waals surface area contributed by atoms with E-state index in [-0.39, 0.29) is 0 Å². The molecule has 1 aromatic rings. The lowest BCUT2D eigenvalue weighted by Gasteiger charge is -2.23. The van der Waals surface area contributed by atoms with Gasteiger partial charge in [0.15, 0.2) is 0 Å². The van der Waals surface area contributed by atoms with Crippen LogP contribution in [-0.4, -0.2) is 17.6 Å². The summed E-state index contributed by atoms with van der Waals surface area (Å²) < 4.78 is 0. The molecular formula is C13H19NO2S. The van der Waals surface area contributed by atoms with Crippen LogP contribution in [0.4, 0.5) is 0 Å². The molecule has 1 aliphatic carbocycles. The lowest BCUT2D eigenvalue weighted by Crippen LogP contribution is -2.29. The number of nitrogens with one attached hydrogen (secondary N) is 1. The van der Waals surface area contributed by atoms with E-state index in [0.717, 1.165) is 12.1 Å². The molecule has 0 unspecified atom stereocenters. The lowest BCUT2D eigenvalue weighted by atomic mass is 9.89. The summed E-state index contributed by atoms with van der Waals surface area (Å²) in [5.74, 6) is -0.816. The molecule has 3 nitrogen and oxygen atoms in total. The van der Waals surface area contributed by atoms with Crippen LogP contribution in [0.1, 0.15) is 47.8 Å². The molecule has 1 heterocycles. The summed E-state index contributed by atoms with van der Waals surface area (Å²) in [6.45, 7) is 3.97. The van der Waals surface area contributed by atoms with Gasteiger partial charge >= 0.3 is 5.97 Å². The summed E-state index contributed by atoms with van der Waals surface area (Å²) in [7, 11) is 0. The van der Waals surface area contributed by atoms with Gasteiger partial charge in [-0.15, -0.1) is 11.3 Å². The van der Waals surface area contributed by atoms with E-state index in [4.69, 9.17) is 5.11 Å². The second kappa shape index (κ2) is 5.19. The van der Waals surface area contributed by atoms with E-state index in [2.05, 4.69) is 12.2 Å². The van der Waals surface area contributed by atoms with Crippen LogP contribution >= 0.6 is 11.3 Å². The van der Waals surface area contributed by atoms with Crippen LogP contribution in [-0.2, 0) is 6.54 Å². The molecule has 0 aromatic carbocycles. The number of hydrogen-bond acceptors (Lipinski definition) is 3. The first kappa shape index (κ1) is 12.6. The number of rotatable bonds is 5. The topological polar surface area (TPSA) is 49.3 Å². The third kappa shape index (κ3) is 3.07. The minimum atomic E-state index is -0.816. The Balaban J connectivity index is 1.85. The SMILES string of the molecule is CC1(CNCc2ccsc2C(=O)O)CCCC1. The molecule has 2 N–H and O–H groups in total. The van der Waals surface area contributed by atoms with Crippen molar-refractivity contribution in [2.24, 2.45) is 5.41 Å². The predicted octanol–water partition coefficient (Wildman–Crippen LogP) is 3.12. The van der Waals surface area contributed by atoms with Gasteiger partial charge in [0.05, 0.1) is 0 Å². The molecule has 1 aliphatic rings. The van der Waals surface area contributed by atoms with Crippen molar-refractivity contribution in [3.8, 4) is 0 Å². The van der Waals surface area contributed by atoms with Crippen LogP contribution in [0.3, 0.4) is 0 Å². The Kier molecular flexibility index (Phi) is 3.84. The maximum absolute atomic E-state index is 10.9. The summed E-state index contributed by atoms with van der Waals surface area (Å²) >= 11 is 1.30. The zero-order chi connectivity index (χ0) is 12.3. The van der Waals surface area contributed by atoms with E-state index in [1.807, 2.05) is 11.4 Å². The molecule has 0 aliphatic heterocycles. The summed E-state index contributed by atoms with van der Waals surface area (Å²) in [4.78, 5) is 11.4. The molecule has 4 heteroatoms. The molecule has 0 saturated heterocycles. The van der Waals surface area contributed by atoms with Crippen molar-refractivity contribution in [3.63, 3.8) is 0 Å². The number of aromatic carboxylic acids is 1. The monoisotopic (exact) mass is 253 g/mol. The third-order valence-corrected chi connectivity index (χ3v) is 4.56. The summed E-state index contributed by atoms with van der Waals surface area (Å²) in [5.41, 5.74) is 1.32. The molecule has 0 amide bonds. The molecule has 0 radical (unpaired) electrons. The Morgan fingerprint density at radius 1 is 1.53 bits per heavy atom. The van der Waals surface area contributed by atoms with Crippen molar-refractivity contribution < 1.29 is 9.90 Å². The standard InChI is InChI=1S/C13H19NO2S/c1-13(5-2-3-6-13)9-14-8-10-4-7-17-11(10)12(15)16/h4,7,14H,2-3,5-6,8-9H2,1H3,(H,15,16). The number of thiophene rings is 1.